The van der Waals surface area contributed by atoms with Gasteiger partial charge in [-0.25, -0.2) is 16.2 Å². The number of hydrogen-bond acceptors (Lipinski definition) is 4. The van der Waals surface area contributed by atoms with Crippen LogP contribution in [0.25, 0.3) is 0 Å². The van der Waals surface area contributed by atoms with Crippen molar-refractivity contribution in [3.63, 3.8) is 0 Å². The Morgan fingerprint density at radius 3 is 2.21 bits per heavy atom. The summed E-state index contributed by atoms with van der Waals surface area (Å²) in [6.45, 7) is 0. The Morgan fingerprint density at radius 1 is 1.29 bits per heavy atom. The molecule has 0 unspecified atom stereocenters. The number of aromatic carboxylic acids is 1. The Hall–Kier alpha value is -2.08. The molecule has 0 aliphatic heterocycles. The van der Waals surface area contributed by atoms with Crippen LogP contribution in [0.1, 0.15) is 15.9 Å². The predicted octanol–water partition coefficient (Wildman–Crippen LogP) is -0.532. The van der Waals surface area contributed by atoms with Crippen molar-refractivity contribution in [1.29, 1.82) is 0 Å². The summed E-state index contributed by atoms with van der Waals surface area (Å²) in [5.74, 6) is 4.15. The zero-order chi connectivity index (χ0) is 10.6. The van der Waals surface area contributed by atoms with Gasteiger partial charge in [-0.15, -0.1) is 5.10 Å². The van der Waals surface area contributed by atoms with Crippen LogP contribution in [-0.4, -0.2) is 16.9 Å². The SMILES string of the molecule is NN/N=C(\N)c1ccc(C(=O)O)cc1. The molecular formula is C8H10N4O2. The first-order chi connectivity index (χ1) is 6.65. The van der Waals surface area contributed by atoms with Gasteiger partial charge < -0.3 is 10.8 Å². The van der Waals surface area contributed by atoms with Gasteiger partial charge in [0.15, 0.2) is 5.84 Å². The van der Waals surface area contributed by atoms with Gasteiger partial charge in [0.1, 0.15) is 0 Å². The molecule has 14 heavy (non-hydrogen) atoms. The molecule has 6 nitrogen and oxygen atoms in total. The van der Waals surface area contributed by atoms with Crippen molar-refractivity contribution in [2.75, 3.05) is 0 Å². The van der Waals surface area contributed by atoms with Crippen molar-refractivity contribution in [3.05, 3.63) is 35.4 Å². The average molecular weight is 194 g/mol. The number of nitrogens with zero attached hydrogens (tertiary/aromatic N) is 1. The zero-order valence-corrected chi connectivity index (χ0v) is 7.27. The third kappa shape index (κ3) is 2.20. The summed E-state index contributed by atoms with van der Waals surface area (Å²) in [7, 11) is 0. The fourth-order valence-corrected chi connectivity index (χ4v) is 0.918. The third-order valence-electron chi connectivity index (χ3n) is 1.61. The Labute approximate surface area is 80.2 Å². The molecule has 0 saturated heterocycles. The highest BCUT2D eigenvalue weighted by molar-refractivity contribution is 5.98. The molecule has 0 heterocycles. The third-order valence-corrected chi connectivity index (χ3v) is 1.61. The molecule has 0 aliphatic rings. The van der Waals surface area contributed by atoms with E-state index in [-0.39, 0.29) is 11.4 Å². The van der Waals surface area contributed by atoms with Gasteiger partial charge in [-0.2, -0.15) is 0 Å². The molecule has 6 heteroatoms. The quantitative estimate of drug-likeness (QED) is 0.223. The molecule has 0 saturated carbocycles. The van der Waals surface area contributed by atoms with Gasteiger partial charge in [0.25, 0.3) is 0 Å². The van der Waals surface area contributed by atoms with E-state index in [4.69, 9.17) is 16.7 Å². The molecule has 1 aromatic carbocycles. The maximum atomic E-state index is 10.5. The number of nitrogens with two attached hydrogens (primary N) is 2. The number of hydrazine groups is 1. The molecule has 1 rings (SSSR count). The lowest BCUT2D eigenvalue weighted by atomic mass is 10.1. The number of carboxylic acid groups (broad SMARTS) is 1. The summed E-state index contributed by atoms with van der Waals surface area (Å²) >= 11 is 0. The van der Waals surface area contributed by atoms with Crippen molar-refractivity contribution in [2.24, 2.45) is 16.7 Å². The van der Waals surface area contributed by atoms with Gasteiger partial charge in [0, 0.05) is 5.56 Å². The number of hydrazone groups is 1. The van der Waals surface area contributed by atoms with E-state index in [1.165, 1.54) is 12.1 Å². The van der Waals surface area contributed by atoms with Crippen LogP contribution in [0.2, 0.25) is 0 Å². The molecule has 0 radical (unpaired) electrons. The summed E-state index contributed by atoms with van der Waals surface area (Å²) < 4.78 is 0. The van der Waals surface area contributed by atoms with Crippen molar-refractivity contribution in [2.45, 2.75) is 0 Å². The summed E-state index contributed by atoms with van der Waals surface area (Å²) in [6.07, 6.45) is 0. The first-order valence-electron chi connectivity index (χ1n) is 3.77. The lowest BCUT2D eigenvalue weighted by Gasteiger charge is -2.00. The largest absolute Gasteiger partial charge is 0.478 e. The first kappa shape index (κ1) is 10.0. The summed E-state index contributed by atoms with van der Waals surface area (Å²) in [6, 6.07) is 5.99. The van der Waals surface area contributed by atoms with Crippen LogP contribution in [0.15, 0.2) is 29.4 Å². The second-order valence-corrected chi connectivity index (χ2v) is 2.51. The van der Waals surface area contributed by atoms with Crippen LogP contribution >= 0.6 is 0 Å². The number of carbonyl (C=O) groups is 1. The Bertz CT molecular complexity index is 358. The van der Waals surface area contributed by atoms with Crippen molar-refractivity contribution in [1.82, 2.24) is 5.53 Å². The number of hydrogen-bond donors (Lipinski definition) is 4. The number of benzene rings is 1. The van der Waals surface area contributed by atoms with Crippen LogP contribution < -0.4 is 17.1 Å². The van der Waals surface area contributed by atoms with Gasteiger partial charge in [0.05, 0.1) is 5.56 Å². The van der Waals surface area contributed by atoms with E-state index in [0.717, 1.165) is 0 Å². The minimum atomic E-state index is -0.982. The molecule has 1 aromatic rings. The predicted molar refractivity (Wildman–Crippen MR) is 51.4 cm³/mol. The molecular weight excluding hydrogens is 184 g/mol. The summed E-state index contributed by atoms with van der Waals surface area (Å²) in [5.41, 5.74) is 8.34. The minimum Gasteiger partial charge on any atom is -0.478 e. The standard InChI is InChI=1S/C8H10N4O2/c9-7(11-12-10)5-1-3-6(4-2-5)8(13)14/h1-4,12H,10H2,(H2,9,11)(H,13,14). The smallest absolute Gasteiger partial charge is 0.335 e. The first-order valence-corrected chi connectivity index (χ1v) is 3.77. The fourth-order valence-electron chi connectivity index (χ4n) is 0.918. The highest BCUT2D eigenvalue weighted by Gasteiger charge is 2.03. The number of carboxylic acids is 1. The molecule has 0 aliphatic carbocycles. The second-order valence-electron chi connectivity index (χ2n) is 2.51. The average Bonchev–Trinajstić information content (AvgIpc) is 2.18. The van der Waals surface area contributed by atoms with Crippen LogP contribution in [0.4, 0.5) is 0 Å². The van der Waals surface area contributed by atoms with E-state index in [2.05, 4.69) is 5.10 Å². The van der Waals surface area contributed by atoms with Crippen LogP contribution in [0, 0.1) is 0 Å². The van der Waals surface area contributed by atoms with E-state index in [9.17, 15) is 4.79 Å². The fraction of sp³-hybridized carbons (Fsp3) is 0. The zero-order valence-electron chi connectivity index (χ0n) is 7.27. The van der Waals surface area contributed by atoms with Gasteiger partial charge in [0.2, 0.25) is 0 Å². The topological polar surface area (TPSA) is 114 Å². The molecule has 6 N–H and O–H groups in total. The van der Waals surface area contributed by atoms with E-state index < -0.39 is 5.97 Å². The maximum absolute atomic E-state index is 10.5. The normalized spacial score (nSPS) is 11.1. The van der Waals surface area contributed by atoms with Crippen LogP contribution in [0.3, 0.4) is 0 Å². The second kappa shape index (κ2) is 4.24. The molecule has 0 spiro atoms. The molecule has 0 bridgehead atoms. The maximum Gasteiger partial charge on any atom is 0.335 e. The van der Waals surface area contributed by atoms with Crippen molar-refractivity contribution >= 4 is 11.8 Å². The van der Waals surface area contributed by atoms with Crippen LogP contribution in [0.5, 0.6) is 0 Å². The molecule has 0 atom stereocenters. The summed E-state index contributed by atoms with van der Waals surface area (Å²) in [4.78, 5) is 10.5. The van der Waals surface area contributed by atoms with Gasteiger partial charge in [-0.3, -0.25) is 0 Å². The summed E-state index contributed by atoms with van der Waals surface area (Å²) in [5, 5.41) is 12.2. The van der Waals surface area contributed by atoms with Crippen molar-refractivity contribution in [3.8, 4) is 0 Å². The van der Waals surface area contributed by atoms with E-state index in [1.807, 2.05) is 5.53 Å². The van der Waals surface area contributed by atoms with Crippen LogP contribution in [-0.2, 0) is 0 Å². The number of nitrogens with one attached hydrogen (secondary N) is 1. The Kier molecular flexibility index (Phi) is 3.03. The number of rotatable bonds is 3. The van der Waals surface area contributed by atoms with Crippen molar-refractivity contribution < 1.29 is 9.90 Å². The van der Waals surface area contributed by atoms with Gasteiger partial charge >= 0.3 is 5.97 Å². The van der Waals surface area contributed by atoms with E-state index in [0.29, 0.717) is 5.56 Å². The monoisotopic (exact) mass is 194 g/mol. The van der Waals surface area contributed by atoms with Gasteiger partial charge in [-0.05, 0) is 12.1 Å². The van der Waals surface area contributed by atoms with Gasteiger partial charge in [-0.1, -0.05) is 12.1 Å². The highest BCUT2D eigenvalue weighted by atomic mass is 16.4. The molecule has 0 aromatic heterocycles. The highest BCUT2D eigenvalue weighted by Crippen LogP contribution is 2.03. The lowest BCUT2D eigenvalue weighted by molar-refractivity contribution is 0.0697. The molecule has 0 fully saturated rings. The Morgan fingerprint density at radius 2 is 1.79 bits per heavy atom. The van der Waals surface area contributed by atoms with E-state index in [1.54, 1.807) is 12.1 Å². The minimum absolute atomic E-state index is 0.197. The lowest BCUT2D eigenvalue weighted by Crippen LogP contribution is -2.23. The van der Waals surface area contributed by atoms with E-state index >= 15 is 0 Å². The molecule has 0 amide bonds. The Balaban J connectivity index is 2.94. The number of amidine groups is 1. The molecule has 74 valence electrons.